The molecule has 2 N–H and O–H groups in total. The maximum atomic E-state index is 13.4. The summed E-state index contributed by atoms with van der Waals surface area (Å²) < 4.78 is 1.56. The summed E-state index contributed by atoms with van der Waals surface area (Å²) >= 11 is 0. The molecule has 1 saturated heterocycles. The predicted octanol–water partition coefficient (Wildman–Crippen LogP) is 2.79. The van der Waals surface area contributed by atoms with E-state index in [4.69, 9.17) is 0 Å². The molecule has 1 saturated carbocycles. The minimum Gasteiger partial charge on any atom is -0.361 e. The van der Waals surface area contributed by atoms with Crippen molar-refractivity contribution in [2.24, 2.45) is 0 Å². The molecule has 1 aliphatic carbocycles. The third-order valence-corrected chi connectivity index (χ3v) is 7.04. The third-order valence-electron chi connectivity index (χ3n) is 7.04. The van der Waals surface area contributed by atoms with Crippen LogP contribution in [0.1, 0.15) is 39.9 Å². The summed E-state index contributed by atoms with van der Waals surface area (Å²) in [5, 5.41) is 6.28. The monoisotopic (exact) mass is 486 g/mol. The Kier molecular flexibility index (Phi) is 7.16. The average Bonchev–Trinajstić information content (AvgIpc) is 3.70. The average molecular weight is 487 g/mol. The van der Waals surface area contributed by atoms with Crippen molar-refractivity contribution in [2.75, 3.05) is 38.5 Å². The number of hydrogen-bond acceptors (Lipinski definition) is 6. The Morgan fingerprint density at radius 3 is 2.56 bits per heavy atom. The van der Waals surface area contributed by atoms with Crippen LogP contribution < -0.4 is 16.2 Å². The highest BCUT2D eigenvalue weighted by atomic mass is 16.2. The first-order valence-corrected chi connectivity index (χ1v) is 12.7. The van der Waals surface area contributed by atoms with Crippen LogP contribution in [0, 0.1) is 6.92 Å². The zero-order valence-electron chi connectivity index (χ0n) is 21.0. The van der Waals surface area contributed by atoms with Gasteiger partial charge in [-0.15, -0.1) is 0 Å². The summed E-state index contributed by atoms with van der Waals surface area (Å²) in [6.45, 7) is 7.62. The fraction of sp³-hybridized carbons (Fsp3) is 0.393. The molecular weight excluding hydrogens is 452 g/mol. The van der Waals surface area contributed by atoms with E-state index in [1.165, 1.54) is 5.56 Å². The Balaban J connectivity index is 1.33. The highest BCUT2D eigenvalue weighted by molar-refractivity contribution is 5.95. The molecule has 2 aliphatic rings. The van der Waals surface area contributed by atoms with Gasteiger partial charge in [0, 0.05) is 63.3 Å². The minimum atomic E-state index is -0.239. The third kappa shape index (κ3) is 5.66. The number of likely N-dealkylation sites (N-methyl/N-ethyl adjacent to an activating group) is 1. The predicted molar refractivity (Wildman–Crippen MR) is 142 cm³/mol. The lowest BCUT2D eigenvalue weighted by Crippen LogP contribution is -2.44. The van der Waals surface area contributed by atoms with Crippen LogP contribution in [-0.2, 0) is 13.1 Å². The molecule has 8 heteroatoms. The number of aromatic nitrogens is 2. The number of rotatable bonds is 8. The van der Waals surface area contributed by atoms with Crippen LogP contribution in [0.2, 0.25) is 0 Å². The molecule has 1 aromatic heterocycles. The summed E-state index contributed by atoms with van der Waals surface area (Å²) in [6.07, 6.45) is 5.33. The van der Waals surface area contributed by atoms with E-state index in [-0.39, 0.29) is 17.5 Å². The molecule has 2 aromatic carbocycles. The van der Waals surface area contributed by atoms with Crippen molar-refractivity contribution >= 4 is 11.7 Å². The minimum absolute atomic E-state index is 0.101. The van der Waals surface area contributed by atoms with Gasteiger partial charge in [-0.1, -0.05) is 30.3 Å². The van der Waals surface area contributed by atoms with Crippen LogP contribution in [0.5, 0.6) is 0 Å². The number of anilines is 1. The van der Waals surface area contributed by atoms with Gasteiger partial charge in [-0.2, -0.15) is 0 Å². The molecule has 5 rings (SSSR count). The molecule has 2 fully saturated rings. The number of benzene rings is 2. The zero-order chi connectivity index (χ0) is 25.1. The summed E-state index contributed by atoms with van der Waals surface area (Å²) in [5.41, 5.74) is 4.33. The lowest BCUT2D eigenvalue weighted by atomic mass is 10.1. The summed E-state index contributed by atoms with van der Waals surface area (Å²) in [5.74, 6) is 0.190. The SMILES string of the molecule is Cc1ccc(C(=O)NC2CC2)cc1-n1ccnc(NCc2ccccc2CN2CCN(C)CC2)c1=O. The van der Waals surface area contributed by atoms with Crippen LogP contribution in [0.25, 0.3) is 5.69 Å². The van der Waals surface area contributed by atoms with Gasteiger partial charge in [0.15, 0.2) is 5.82 Å². The van der Waals surface area contributed by atoms with Gasteiger partial charge in [-0.05, 0) is 55.6 Å². The Bertz CT molecular complexity index is 1290. The Morgan fingerprint density at radius 2 is 1.81 bits per heavy atom. The van der Waals surface area contributed by atoms with Crippen molar-refractivity contribution in [2.45, 2.75) is 38.9 Å². The van der Waals surface area contributed by atoms with E-state index in [2.05, 4.69) is 50.7 Å². The first kappa shape index (κ1) is 24.2. The fourth-order valence-corrected chi connectivity index (χ4v) is 4.54. The van der Waals surface area contributed by atoms with Gasteiger partial charge in [0.25, 0.3) is 11.5 Å². The van der Waals surface area contributed by atoms with Gasteiger partial charge in [-0.25, -0.2) is 4.98 Å². The van der Waals surface area contributed by atoms with Crippen molar-refractivity contribution in [1.82, 2.24) is 24.7 Å². The van der Waals surface area contributed by atoms with Crippen molar-refractivity contribution < 1.29 is 4.79 Å². The summed E-state index contributed by atoms with van der Waals surface area (Å²) in [6, 6.07) is 14.1. The number of nitrogens with one attached hydrogen (secondary N) is 2. The van der Waals surface area contributed by atoms with Gasteiger partial charge in [0.05, 0.1) is 5.69 Å². The second-order valence-electron chi connectivity index (χ2n) is 9.90. The second-order valence-corrected chi connectivity index (χ2v) is 9.90. The van der Waals surface area contributed by atoms with Crippen molar-refractivity contribution in [1.29, 1.82) is 0 Å². The summed E-state index contributed by atoms with van der Waals surface area (Å²) in [7, 11) is 2.16. The zero-order valence-corrected chi connectivity index (χ0v) is 21.0. The number of aryl methyl sites for hydroxylation is 1. The van der Waals surface area contributed by atoms with E-state index in [0.717, 1.165) is 56.7 Å². The lowest BCUT2D eigenvalue weighted by molar-refractivity contribution is 0.0951. The fourth-order valence-electron chi connectivity index (χ4n) is 4.54. The van der Waals surface area contributed by atoms with Crippen LogP contribution in [0.15, 0.2) is 59.7 Å². The lowest BCUT2D eigenvalue weighted by Gasteiger charge is -2.32. The van der Waals surface area contributed by atoms with Crippen molar-refractivity contribution in [3.8, 4) is 5.69 Å². The molecular formula is C28H34N6O2. The van der Waals surface area contributed by atoms with Gasteiger partial charge in [0.2, 0.25) is 0 Å². The normalized spacial score (nSPS) is 16.6. The Morgan fingerprint density at radius 1 is 1.06 bits per heavy atom. The molecule has 188 valence electrons. The van der Waals surface area contributed by atoms with E-state index in [1.807, 2.05) is 19.1 Å². The van der Waals surface area contributed by atoms with Crippen LogP contribution in [0.4, 0.5) is 5.82 Å². The van der Waals surface area contributed by atoms with Gasteiger partial charge < -0.3 is 15.5 Å². The Labute approximate surface area is 212 Å². The van der Waals surface area contributed by atoms with Crippen LogP contribution in [-0.4, -0.2) is 64.5 Å². The molecule has 36 heavy (non-hydrogen) atoms. The molecule has 1 aliphatic heterocycles. The van der Waals surface area contributed by atoms with Crippen LogP contribution in [0.3, 0.4) is 0 Å². The highest BCUT2D eigenvalue weighted by Crippen LogP contribution is 2.21. The van der Waals surface area contributed by atoms with E-state index < -0.39 is 0 Å². The summed E-state index contributed by atoms with van der Waals surface area (Å²) in [4.78, 5) is 35.1. The van der Waals surface area contributed by atoms with Crippen molar-refractivity contribution in [3.63, 3.8) is 0 Å². The molecule has 1 amide bonds. The topological polar surface area (TPSA) is 82.5 Å². The molecule has 0 atom stereocenters. The molecule has 2 heterocycles. The molecule has 3 aromatic rings. The smallest absolute Gasteiger partial charge is 0.297 e. The number of carbonyl (C=O) groups excluding carboxylic acids is 1. The molecule has 0 bridgehead atoms. The van der Waals surface area contributed by atoms with E-state index in [9.17, 15) is 9.59 Å². The van der Waals surface area contributed by atoms with E-state index in [0.29, 0.717) is 23.6 Å². The van der Waals surface area contributed by atoms with Gasteiger partial charge in [0.1, 0.15) is 0 Å². The highest BCUT2D eigenvalue weighted by Gasteiger charge is 2.24. The van der Waals surface area contributed by atoms with Gasteiger partial charge in [-0.3, -0.25) is 19.1 Å². The second kappa shape index (κ2) is 10.6. The van der Waals surface area contributed by atoms with Gasteiger partial charge >= 0.3 is 0 Å². The number of amides is 1. The maximum Gasteiger partial charge on any atom is 0.297 e. The van der Waals surface area contributed by atoms with E-state index >= 15 is 0 Å². The first-order valence-electron chi connectivity index (χ1n) is 12.7. The standard InChI is InChI=1S/C28H34N6O2/c1-20-7-8-21(27(35)31-24-9-10-24)17-25(20)34-12-11-29-26(28(34)36)30-18-22-5-3-4-6-23(22)19-33-15-13-32(2)14-16-33/h3-8,11-12,17,24H,9-10,13-16,18-19H2,1-2H3,(H,29,30)(H,31,35). The van der Waals surface area contributed by atoms with Crippen LogP contribution >= 0.6 is 0 Å². The molecule has 8 nitrogen and oxygen atoms in total. The maximum absolute atomic E-state index is 13.4. The Hall–Kier alpha value is -3.49. The van der Waals surface area contributed by atoms with Crippen molar-refractivity contribution in [3.05, 3.63) is 87.5 Å². The number of nitrogens with zero attached hydrogens (tertiary/aromatic N) is 4. The van der Waals surface area contributed by atoms with E-state index in [1.54, 1.807) is 29.1 Å². The molecule has 0 unspecified atom stereocenters. The largest absolute Gasteiger partial charge is 0.361 e. The first-order chi connectivity index (χ1) is 17.5. The number of carbonyl (C=O) groups is 1. The quantitative estimate of drug-likeness (QED) is 0.510. The number of hydrogen-bond donors (Lipinski definition) is 2. The molecule has 0 spiro atoms. The molecule has 0 radical (unpaired) electrons. The number of piperazine rings is 1.